The van der Waals surface area contributed by atoms with Gasteiger partial charge in [0.25, 0.3) is 5.91 Å². The van der Waals surface area contributed by atoms with Crippen molar-refractivity contribution >= 4 is 33.6 Å². The predicted molar refractivity (Wildman–Crippen MR) is 131 cm³/mol. The molecule has 1 aromatic carbocycles. The number of imidazole rings is 1. The Hall–Kier alpha value is -3.56. The van der Waals surface area contributed by atoms with Crippen LogP contribution in [0, 0.1) is 5.82 Å². The molecular formula is C25H23FN6OS. The highest BCUT2D eigenvalue weighted by Gasteiger charge is 2.28. The summed E-state index contributed by atoms with van der Waals surface area (Å²) < 4.78 is 17.1. The molecule has 9 heteroatoms. The average Bonchev–Trinajstić information content (AvgIpc) is 3.22. The van der Waals surface area contributed by atoms with Crippen LogP contribution in [0.3, 0.4) is 0 Å². The van der Waals surface area contributed by atoms with Gasteiger partial charge in [0.05, 0.1) is 23.1 Å². The molecule has 4 heterocycles. The van der Waals surface area contributed by atoms with E-state index >= 15 is 4.39 Å². The van der Waals surface area contributed by atoms with Crippen molar-refractivity contribution in [2.24, 2.45) is 0 Å². The third kappa shape index (κ3) is 3.66. The van der Waals surface area contributed by atoms with Gasteiger partial charge in [-0.05, 0) is 48.2 Å². The number of thiazole rings is 1. The Kier molecular flexibility index (Phi) is 4.96. The van der Waals surface area contributed by atoms with E-state index in [-0.39, 0.29) is 5.56 Å². The lowest BCUT2D eigenvalue weighted by molar-refractivity contribution is 0.0989. The molecule has 0 unspecified atom stereocenters. The van der Waals surface area contributed by atoms with Gasteiger partial charge in [-0.2, -0.15) is 0 Å². The fraction of sp³-hybridized carbons (Fsp3) is 0.240. The molecule has 172 valence electrons. The predicted octanol–water partition coefficient (Wildman–Crippen LogP) is 4.54. The van der Waals surface area contributed by atoms with Crippen molar-refractivity contribution in [3.63, 3.8) is 0 Å². The number of benzene rings is 1. The van der Waals surface area contributed by atoms with Crippen LogP contribution in [0.2, 0.25) is 0 Å². The summed E-state index contributed by atoms with van der Waals surface area (Å²) in [6.07, 6.45) is 8.07. The Morgan fingerprint density at radius 3 is 2.79 bits per heavy atom. The molecule has 0 bridgehead atoms. The molecule has 1 aliphatic carbocycles. The number of carbonyl (C=O) groups is 1. The lowest BCUT2D eigenvalue weighted by atomic mass is 10.1. The summed E-state index contributed by atoms with van der Waals surface area (Å²) in [6.45, 7) is 0.742. The number of aromatic nitrogens is 3. The fourth-order valence-electron chi connectivity index (χ4n) is 4.21. The highest BCUT2D eigenvalue weighted by atomic mass is 32.1. The number of nitrogens with one attached hydrogen (secondary N) is 1. The number of rotatable bonds is 5. The number of pyridine rings is 1. The van der Waals surface area contributed by atoms with E-state index in [1.54, 1.807) is 25.4 Å². The summed E-state index contributed by atoms with van der Waals surface area (Å²) in [6, 6.07) is 8.69. The minimum Gasteiger partial charge on any atom is -0.318 e. The Morgan fingerprint density at radius 2 is 2.06 bits per heavy atom. The zero-order chi connectivity index (χ0) is 23.4. The summed E-state index contributed by atoms with van der Waals surface area (Å²) in [5, 5.41) is 4.51. The molecule has 3 aromatic heterocycles. The van der Waals surface area contributed by atoms with Gasteiger partial charge >= 0.3 is 0 Å². The van der Waals surface area contributed by atoms with E-state index in [1.807, 2.05) is 46.4 Å². The number of hydrogen-bond acceptors (Lipinski definition) is 6. The van der Waals surface area contributed by atoms with Crippen molar-refractivity contribution in [2.45, 2.75) is 18.8 Å². The van der Waals surface area contributed by atoms with E-state index in [1.165, 1.54) is 22.3 Å². The van der Waals surface area contributed by atoms with Crippen LogP contribution in [0.15, 0.2) is 54.3 Å². The van der Waals surface area contributed by atoms with Crippen LogP contribution in [0.1, 0.15) is 40.4 Å². The number of hydrazine groups is 1. The van der Waals surface area contributed by atoms with Gasteiger partial charge < -0.3 is 5.01 Å². The lowest BCUT2D eigenvalue weighted by Crippen LogP contribution is -2.27. The van der Waals surface area contributed by atoms with Gasteiger partial charge in [0.15, 0.2) is 5.13 Å². The van der Waals surface area contributed by atoms with Crippen molar-refractivity contribution in [3.05, 3.63) is 76.9 Å². The molecule has 0 saturated heterocycles. The fourth-order valence-corrected chi connectivity index (χ4v) is 5.08. The molecule has 0 atom stereocenters. The zero-order valence-electron chi connectivity index (χ0n) is 18.8. The summed E-state index contributed by atoms with van der Waals surface area (Å²) in [4.78, 5) is 23.5. The van der Waals surface area contributed by atoms with E-state index in [0.717, 1.165) is 47.6 Å². The van der Waals surface area contributed by atoms with Crippen molar-refractivity contribution < 1.29 is 9.18 Å². The van der Waals surface area contributed by atoms with Crippen molar-refractivity contribution in [1.82, 2.24) is 24.8 Å². The van der Waals surface area contributed by atoms with Gasteiger partial charge in [0, 0.05) is 49.9 Å². The van der Waals surface area contributed by atoms with Crippen molar-refractivity contribution in [2.75, 3.05) is 25.5 Å². The number of halogens is 1. The Morgan fingerprint density at radius 1 is 1.24 bits per heavy atom. The largest absolute Gasteiger partial charge is 0.318 e. The van der Waals surface area contributed by atoms with Gasteiger partial charge in [0.1, 0.15) is 11.5 Å². The first kappa shape index (κ1) is 21.0. The molecule has 1 amide bonds. The van der Waals surface area contributed by atoms with Gasteiger partial charge in [-0.15, -0.1) is 11.3 Å². The van der Waals surface area contributed by atoms with Crippen LogP contribution in [0.25, 0.3) is 22.5 Å². The maximum Gasteiger partial charge on any atom is 0.262 e. The second-order valence-electron chi connectivity index (χ2n) is 8.78. The average molecular weight is 475 g/mol. The van der Waals surface area contributed by atoms with Crippen LogP contribution in [-0.4, -0.2) is 45.9 Å². The minimum atomic E-state index is -0.566. The van der Waals surface area contributed by atoms with E-state index < -0.39 is 11.7 Å². The second kappa shape index (κ2) is 8.03. The van der Waals surface area contributed by atoms with Gasteiger partial charge in [0.2, 0.25) is 0 Å². The first-order valence-electron chi connectivity index (χ1n) is 11.2. The van der Waals surface area contributed by atoms with Crippen LogP contribution in [0.4, 0.5) is 9.52 Å². The molecular weight excluding hydrogens is 451 g/mol. The van der Waals surface area contributed by atoms with E-state index in [4.69, 9.17) is 0 Å². The van der Waals surface area contributed by atoms with Crippen molar-refractivity contribution in [3.8, 4) is 11.3 Å². The first-order valence-corrected chi connectivity index (χ1v) is 12.0. The molecule has 1 fully saturated rings. The zero-order valence-corrected chi connectivity index (χ0v) is 19.6. The summed E-state index contributed by atoms with van der Waals surface area (Å²) >= 11 is 1.42. The number of fused-ring (bicyclic) bond motifs is 1. The van der Waals surface area contributed by atoms with Crippen molar-refractivity contribution in [1.29, 1.82) is 0 Å². The Balaban J connectivity index is 1.30. The first-order chi connectivity index (χ1) is 16.5. The highest BCUT2D eigenvalue weighted by Crippen LogP contribution is 2.41. The minimum absolute atomic E-state index is 0.0224. The SMILES string of the molecule is CN1C=C(c2ccc3ncc(-c4ccc(C(=O)N(C)c5nc(C6CC6)cs5)c(F)c4)n3c2)CN1. The molecule has 0 spiro atoms. The molecule has 6 rings (SSSR count). The van der Waals surface area contributed by atoms with Crippen LogP contribution >= 0.6 is 11.3 Å². The summed E-state index contributed by atoms with van der Waals surface area (Å²) in [5.41, 5.74) is 8.69. The van der Waals surface area contributed by atoms with Crippen LogP contribution in [0.5, 0.6) is 0 Å². The quantitative estimate of drug-likeness (QED) is 0.460. The molecule has 2 aliphatic rings. The third-order valence-corrected chi connectivity index (χ3v) is 7.27. The molecule has 4 aromatic rings. The molecule has 7 nitrogen and oxygen atoms in total. The normalized spacial score (nSPS) is 15.7. The van der Waals surface area contributed by atoms with Gasteiger partial charge in [-0.1, -0.05) is 6.07 Å². The number of nitrogens with zero attached hydrogens (tertiary/aromatic N) is 5. The molecule has 0 radical (unpaired) electrons. The molecule has 1 saturated carbocycles. The Labute approximate surface area is 200 Å². The number of hydrogen-bond donors (Lipinski definition) is 1. The van der Waals surface area contributed by atoms with Crippen LogP contribution in [-0.2, 0) is 0 Å². The summed E-state index contributed by atoms with van der Waals surface area (Å²) in [5.74, 6) is -0.465. The highest BCUT2D eigenvalue weighted by molar-refractivity contribution is 7.14. The van der Waals surface area contributed by atoms with E-state index in [2.05, 4.69) is 15.4 Å². The number of anilines is 1. The lowest BCUT2D eigenvalue weighted by Gasteiger charge is -2.15. The maximum absolute atomic E-state index is 15.2. The standard InChI is InChI=1S/C25H23FN6OS/c1-30-12-18(10-28-30)17-6-8-23-27-11-22(32(23)13-17)16-5-7-19(20(26)9-16)24(33)31(2)25-29-21(14-34-25)15-3-4-15/h5-9,11-15,28H,3-4,10H2,1-2H3. The smallest absolute Gasteiger partial charge is 0.262 e. The number of amides is 1. The Bertz CT molecular complexity index is 1450. The van der Waals surface area contributed by atoms with Crippen LogP contribution < -0.4 is 10.3 Å². The summed E-state index contributed by atoms with van der Waals surface area (Å²) in [7, 11) is 3.60. The van der Waals surface area contributed by atoms with Gasteiger partial charge in [-0.3, -0.25) is 14.1 Å². The molecule has 34 heavy (non-hydrogen) atoms. The van der Waals surface area contributed by atoms with E-state index in [9.17, 15) is 4.79 Å². The second-order valence-corrected chi connectivity index (χ2v) is 9.61. The van der Waals surface area contributed by atoms with Gasteiger partial charge in [-0.25, -0.2) is 19.8 Å². The topological polar surface area (TPSA) is 65.8 Å². The number of carbonyl (C=O) groups excluding carboxylic acids is 1. The third-order valence-electron chi connectivity index (χ3n) is 6.34. The monoisotopic (exact) mass is 474 g/mol. The van der Waals surface area contributed by atoms with E-state index in [0.29, 0.717) is 16.6 Å². The molecule has 1 N–H and O–H groups in total. The molecule has 1 aliphatic heterocycles. The maximum atomic E-state index is 15.2.